The molecule has 0 aromatic carbocycles. The van der Waals surface area contributed by atoms with Crippen molar-refractivity contribution < 1.29 is 4.52 Å². The molecule has 1 N–H and O–H groups in total. The van der Waals surface area contributed by atoms with E-state index < -0.39 is 0 Å². The van der Waals surface area contributed by atoms with E-state index in [4.69, 9.17) is 4.52 Å². The SMILES string of the molecule is CC(C)CC1CN(CCc2ncon2)C(C(C)C)CN1. The third-order valence-corrected chi connectivity index (χ3v) is 4.09. The molecule has 1 fully saturated rings. The van der Waals surface area contributed by atoms with Crippen molar-refractivity contribution in [1.29, 1.82) is 0 Å². The van der Waals surface area contributed by atoms with Gasteiger partial charge in [-0.3, -0.25) is 4.90 Å². The molecule has 0 bridgehead atoms. The van der Waals surface area contributed by atoms with Crippen LogP contribution in [0, 0.1) is 11.8 Å². The second-order valence-electron chi connectivity index (χ2n) is 6.64. The first kappa shape index (κ1) is 15.4. The van der Waals surface area contributed by atoms with E-state index in [2.05, 4.69) is 48.1 Å². The average Bonchev–Trinajstić information content (AvgIpc) is 2.88. The zero-order valence-corrected chi connectivity index (χ0v) is 13.2. The molecule has 2 rings (SSSR count). The lowest BCUT2D eigenvalue weighted by atomic mass is 9.95. The highest BCUT2D eigenvalue weighted by atomic mass is 16.5. The van der Waals surface area contributed by atoms with E-state index in [0.717, 1.165) is 37.8 Å². The Bertz CT molecular complexity index is 377. The normalized spacial score (nSPS) is 24.7. The number of hydrogen-bond acceptors (Lipinski definition) is 5. The van der Waals surface area contributed by atoms with Gasteiger partial charge in [0.25, 0.3) is 0 Å². The summed E-state index contributed by atoms with van der Waals surface area (Å²) in [6, 6.07) is 1.21. The molecule has 114 valence electrons. The first-order chi connectivity index (χ1) is 9.56. The quantitative estimate of drug-likeness (QED) is 0.863. The Morgan fingerprint density at radius 3 is 2.80 bits per heavy atom. The van der Waals surface area contributed by atoms with Gasteiger partial charge in [0.15, 0.2) is 5.82 Å². The first-order valence-corrected chi connectivity index (χ1v) is 7.79. The number of rotatable bonds is 6. The van der Waals surface area contributed by atoms with Crippen LogP contribution in [0.15, 0.2) is 10.9 Å². The number of nitrogens with one attached hydrogen (secondary N) is 1. The molecule has 2 atom stereocenters. The molecule has 1 aliphatic heterocycles. The fraction of sp³-hybridized carbons (Fsp3) is 0.867. The Balaban J connectivity index is 1.92. The Morgan fingerprint density at radius 1 is 1.40 bits per heavy atom. The third kappa shape index (κ3) is 4.28. The number of hydrogen-bond donors (Lipinski definition) is 1. The van der Waals surface area contributed by atoms with Crippen LogP contribution in [-0.2, 0) is 6.42 Å². The zero-order chi connectivity index (χ0) is 14.5. The van der Waals surface area contributed by atoms with Gasteiger partial charge in [0.05, 0.1) is 0 Å². The van der Waals surface area contributed by atoms with Gasteiger partial charge in [-0.25, -0.2) is 0 Å². The van der Waals surface area contributed by atoms with Crippen LogP contribution < -0.4 is 5.32 Å². The van der Waals surface area contributed by atoms with E-state index in [-0.39, 0.29) is 0 Å². The molecule has 5 heteroatoms. The lowest BCUT2D eigenvalue weighted by molar-refractivity contribution is 0.0927. The summed E-state index contributed by atoms with van der Waals surface area (Å²) < 4.78 is 4.81. The van der Waals surface area contributed by atoms with E-state index >= 15 is 0 Å². The molecule has 1 aliphatic rings. The average molecular weight is 280 g/mol. The second-order valence-corrected chi connectivity index (χ2v) is 6.64. The van der Waals surface area contributed by atoms with Crippen LogP contribution in [0.3, 0.4) is 0 Å². The maximum absolute atomic E-state index is 4.81. The largest absolute Gasteiger partial charge is 0.343 e. The Kier molecular flexibility index (Phi) is 5.54. The van der Waals surface area contributed by atoms with Gasteiger partial charge < -0.3 is 9.84 Å². The van der Waals surface area contributed by atoms with Crippen molar-refractivity contribution in [3.05, 3.63) is 12.2 Å². The van der Waals surface area contributed by atoms with Crippen LogP contribution in [0.5, 0.6) is 0 Å². The number of aromatic nitrogens is 2. The van der Waals surface area contributed by atoms with Crippen molar-refractivity contribution in [1.82, 2.24) is 20.4 Å². The Hall–Kier alpha value is -0.940. The maximum atomic E-state index is 4.81. The standard InChI is InChI=1S/C15H28N4O/c1-11(2)7-13-9-19(14(8-16-13)12(3)4)6-5-15-17-10-20-18-15/h10-14,16H,5-9H2,1-4H3. The lowest BCUT2D eigenvalue weighted by Crippen LogP contribution is -2.58. The summed E-state index contributed by atoms with van der Waals surface area (Å²) in [5.41, 5.74) is 0. The van der Waals surface area contributed by atoms with Crippen molar-refractivity contribution >= 4 is 0 Å². The maximum Gasteiger partial charge on any atom is 0.213 e. The highest BCUT2D eigenvalue weighted by Gasteiger charge is 2.29. The van der Waals surface area contributed by atoms with E-state index in [1.807, 2.05) is 0 Å². The van der Waals surface area contributed by atoms with Crippen LogP contribution in [0.25, 0.3) is 0 Å². The molecular weight excluding hydrogens is 252 g/mol. The van der Waals surface area contributed by atoms with Gasteiger partial charge in [-0.05, 0) is 18.3 Å². The summed E-state index contributed by atoms with van der Waals surface area (Å²) in [5.74, 6) is 2.21. The minimum absolute atomic E-state index is 0.602. The summed E-state index contributed by atoms with van der Waals surface area (Å²) in [6.07, 6.45) is 3.52. The van der Waals surface area contributed by atoms with Crippen LogP contribution in [0.2, 0.25) is 0 Å². The fourth-order valence-electron chi connectivity index (χ4n) is 3.09. The van der Waals surface area contributed by atoms with Crippen LogP contribution in [-0.4, -0.2) is 46.8 Å². The summed E-state index contributed by atoms with van der Waals surface area (Å²) in [5, 5.41) is 7.62. The molecule has 0 radical (unpaired) electrons. The monoisotopic (exact) mass is 280 g/mol. The van der Waals surface area contributed by atoms with Gasteiger partial charge in [0, 0.05) is 38.1 Å². The Labute approximate surface area is 122 Å². The van der Waals surface area contributed by atoms with Crippen molar-refractivity contribution in [2.45, 2.75) is 52.6 Å². The summed E-state index contributed by atoms with van der Waals surface area (Å²) >= 11 is 0. The van der Waals surface area contributed by atoms with Gasteiger partial charge in [-0.2, -0.15) is 4.98 Å². The summed E-state index contributed by atoms with van der Waals surface area (Å²) in [6.45, 7) is 12.4. The van der Waals surface area contributed by atoms with Gasteiger partial charge >= 0.3 is 0 Å². The minimum Gasteiger partial charge on any atom is -0.343 e. The van der Waals surface area contributed by atoms with Gasteiger partial charge in [0.2, 0.25) is 6.39 Å². The minimum atomic E-state index is 0.602. The molecular formula is C15H28N4O. The molecule has 1 saturated heterocycles. The second kappa shape index (κ2) is 7.18. The molecule has 5 nitrogen and oxygen atoms in total. The van der Waals surface area contributed by atoms with Crippen molar-refractivity contribution in [2.24, 2.45) is 11.8 Å². The van der Waals surface area contributed by atoms with Crippen molar-refractivity contribution in [2.75, 3.05) is 19.6 Å². The van der Waals surface area contributed by atoms with Gasteiger partial charge in [-0.1, -0.05) is 32.9 Å². The predicted octanol–water partition coefficient (Wildman–Crippen LogP) is 1.96. The lowest BCUT2D eigenvalue weighted by Gasteiger charge is -2.42. The molecule has 0 spiro atoms. The molecule has 1 aromatic rings. The molecule has 1 aromatic heterocycles. The summed E-state index contributed by atoms with van der Waals surface area (Å²) in [4.78, 5) is 6.72. The summed E-state index contributed by atoms with van der Waals surface area (Å²) in [7, 11) is 0. The van der Waals surface area contributed by atoms with Crippen molar-refractivity contribution in [3.8, 4) is 0 Å². The van der Waals surface area contributed by atoms with Crippen LogP contribution in [0.1, 0.15) is 39.9 Å². The van der Waals surface area contributed by atoms with Gasteiger partial charge in [0.1, 0.15) is 0 Å². The van der Waals surface area contributed by atoms with Crippen LogP contribution >= 0.6 is 0 Å². The Morgan fingerprint density at radius 2 is 2.20 bits per heavy atom. The number of piperazine rings is 1. The third-order valence-electron chi connectivity index (χ3n) is 4.09. The molecule has 0 amide bonds. The fourth-order valence-corrected chi connectivity index (χ4v) is 3.09. The smallest absolute Gasteiger partial charge is 0.213 e. The molecule has 0 saturated carbocycles. The highest BCUT2D eigenvalue weighted by molar-refractivity contribution is 4.90. The predicted molar refractivity (Wildman–Crippen MR) is 79.4 cm³/mol. The first-order valence-electron chi connectivity index (χ1n) is 7.79. The molecule has 0 aliphatic carbocycles. The van der Waals surface area contributed by atoms with E-state index in [1.54, 1.807) is 0 Å². The zero-order valence-electron chi connectivity index (χ0n) is 13.2. The number of nitrogens with zero attached hydrogens (tertiary/aromatic N) is 3. The van der Waals surface area contributed by atoms with E-state index in [0.29, 0.717) is 18.0 Å². The molecule has 2 heterocycles. The molecule has 20 heavy (non-hydrogen) atoms. The topological polar surface area (TPSA) is 54.2 Å². The van der Waals surface area contributed by atoms with Crippen molar-refractivity contribution in [3.63, 3.8) is 0 Å². The highest BCUT2D eigenvalue weighted by Crippen LogP contribution is 2.18. The van der Waals surface area contributed by atoms with Crippen LogP contribution in [0.4, 0.5) is 0 Å². The van der Waals surface area contributed by atoms with E-state index in [1.165, 1.54) is 12.8 Å². The molecule has 2 unspecified atom stereocenters. The van der Waals surface area contributed by atoms with Gasteiger partial charge in [-0.15, -0.1) is 0 Å². The van der Waals surface area contributed by atoms with E-state index in [9.17, 15) is 0 Å².